The lowest BCUT2D eigenvalue weighted by Gasteiger charge is -2.24. The van der Waals surface area contributed by atoms with E-state index in [4.69, 9.17) is 9.47 Å². The van der Waals surface area contributed by atoms with Crippen LogP contribution in [0.25, 0.3) is 0 Å². The van der Waals surface area contributed by atoms with Gasteiger partial charge in [0, 0.05) is 25.7 Å². The third-order valence-corrected chi connectivity index (χ3v) is 3.59. The molecule has 0 saturated carbocycles. The molecule has 0 radical (unpaired) electrons. The summed E-state index contributed by atoms with van der Waals surface area (Å²) in [6.45, 7) is 11.4. The highest BCUT2D eigenvalue weighted by atomic mass is 79.9. The van der Waals surface area contributed by atoms with Gasteiger partial charge in [0.2, 0.25) is 0 Å². The number of hydrogen-bond acceptors (Lipinski definition) is 4. The highest BCUT2D eigenvalue weighted by molar-refractivity contribution is 9.09. The average molecular weight is 322 g/mol. The smallest absolute Gasteiger partial charge is 0.330 e. The topological polar surface area (TPSA) is 38.8 Å². The van der Waals surface area contributed by atoms with Gasteiger partial charge in [0.15, 0.2) is 0 Å². The lowest BCUT2D eigenvalue weighted by Crippen LogP contribution is -2.31. The molecule has 0 bridgehead atoms. The SMILES string of the molecule is C=CC(=O)OCCCOCCC(Br)N(CC)CC. The Morgan fingerprint density at radius 3 is 2.56 bits per heavy atom. The molecule has 0 aromatic rings. The van der Waals surface area contributed by atoms with Crippen molar-refractivity contribution in [1.29, 1.82) is 0 Å². The van der Waals surface area contributed by atoms with E-state index in [9.17, 15) is 4.79 Å². The highest BCUT2D eigenvalue weighted by Crippen LogP contribution is 2.11. The molecule has 0 heterocycles. The normalized spacial score (nSPS) is 12.4. The first-order chi connectivity index (χ1) is 8.65. The molecule has 0 fully saturated rings. The minimum absolute atomic E-state index is 0.367. The van der Waals surface area contributed by atoms with Gasteiger partial charge in [-0.05, 0) is 19.5 Å². The van der Waals surface area contributed by atoms with Crippen molar-refractivity contribution in [2.24, 2.45) is 0 Å². The van der Waals surface area contributed by atoms with Crippen molar-refractivity contribution < 1.29 is 14.3 Å². The molecule has 0 rings (SSSR count). The zero-order valence-corrected chi connectivity index (χ0v) is 12.9. The fourth-order valence-electron chi connectivity index (χ4n) is 1.48. The number of carbonyl (C=O) groups is 1. The third-order valence-electron chi connectivity index (χ3n) is 2.55. The molecule has 0 aliphatic carbocycles. The van der Waals surface area contributed by atoms with E-state index in [1.807, 2.05) is 0 Å². The number of halogens is 1. The van der Waals surface area contributed by atoms with Gasteiger partial charge in [-0.2, -0.15) is 0 Å². The molecule has 1 atom stereocenters. The highest BCUT2D eigenvalue weighted by Gasteiger charge is 2.10. The molecule has 0 aliphatic heterocycles. The summed E-state index contributed by atoms with van der Waals surface area (Å²) >= 11 is 3.64. The summed E-state index contributed by atoms with van der Waals surface area (Å²) in [6, 6.07) is 0. The molecular weight excluding hydrogens is 298 g/mol. The Hall–Kier alpha value is -0.390. The van der Waals surface area contributed by atoms with Crippen molar-refractivity contribution in [3.63, 3.8) is 0 Å². The first-order valence-corrected chi connectivity index (χ1v) is 7.32. The van der Waals surface area contributed by atoms with Gasteiger partial charge in [-0.15, -0.1) is 0 Å². The van der Waals surface area contributed by atoms with Crippen molar-refractivity contribution >= 4 is 21.9 Å². The number of nitrogens with zero attached hydrogens (tertiary/aromatic N) is 1. The van der Waals surface area contributed by atoms with Crippen LogP contribution in [0.15, 0.2) is 12.7 Å². The quantitative estimate of drug-likeness (QED) is 0.193. The second kappa shape index (κ2) is 11.7. The molecule has 0 spiro atoms. The van der Waals surface area contributed by atoms with E-state index in [0.29, 0.717) is 24.8 Å². The molecule has 0 N–H and O–H groups in total. The van der Waals surface area contributed by atoms with Gasteiger partial charge in [-0.3, -0.25) is 4.90 Å². The lowest BCUT2D eigenvalue weighted by atomic mass is 10.4. The largest absolute Gasteiger partial charge is 0.462 e. The maximum absolute atomic E-state index is 10.7. The molecule has 0 aliphatic rings. The lowest BCUT2D eigenvalue weighted by molar-refractivity contribution is -0.138. The Labute approximate surface area is 118 Å². The molecule has 106 valence electrons. The summed E-state index contributed by atoms with van der Waals surface area (Å²) in [4.78, 5) is 13.4. The number of ether oxygens (including phenoxy) is 2. The van der Waals surface area contributed by atoms with E-state index >= 15 is 0 Å². The van der Waals surface area contributed by atoms with Crippen molar-refractivity contribution in [2.75, 3.05) is 32.9 Å². The van der Waals surface area contributed by atoms with Crippen molar-refractivity contribution in [3.05, 3.63) is 12.7 Å². The van der Waals surface area contributed by atoms with E-state index < -0.39 is 0 Å². The minimum atomic E-state index is -0.378. The molecule has 0 saturated heterocycles. The Balaban J connectivity index is 3.39. The number of hydrogen-bond donors (Lipinski definition) is 0. The van der Waals surface area contributed by atoms with Crippen LogP contribution in [0.2, 0.25) is 0 Å². The van der Waals surface area contributed by atoms with Crippen LogP contribution in [0.1, 0.15) is 26.7 Å². The summed E-state index contributed by atoms with van der Waals surface area (Å²) in [5.74, 6) is -0.378. The summed E-state index contributed by atoms with van der Waals surface area (Å²) in [6.07, 6.45) is 2.84. The maximum atomic E-state index is 10.7. The summed E-state index contributed by atoms with van der Waals surface area (Å²) in [7, 11) is 0. The zero-order valence-electron chi connectivity index (χ0n) is 11.4. The minimum Gasteiger partial charge on any atom is -0.462 e. The van der Waals surface area contributed by atoms with Gasteiger partial charge in [-0.25, -0.2) is 4.79 Å². The van der Waals surface area contributed by atoms with Crippen LogP contribution in [-0.2, 0) is 14.3 Å². The summed E-state index contributed by atoms with van der Waals surface area (Å²) in [5.41, 5.74) is 0. The monoisotopic (exact) mass is 321 g/mol. The van der Waals surface area contributed by atoms with Gasteiger partial charge >= 0.3 is 5.97 Å². The van der Waals surface area contributed by atoms with Crippen LogP contribution in [0.3, 0.4) is 0 Å². The summed E-state index contributed by atoms with van der Waals surface area (Å²) < 4.78 is 10.3. The fraction of sp³-hybridized carbons (Fsp3) is 0.769. The fourth-order valence-corrected chi connectivity index (χ4v) is 2.24. The molecule has 0 aromatic carbocycles. The van der Waals surface area contributed by atoms with E-state index in [1.165, 1.54) is 6.08 Å². The second-order valence-corrected chi connectivity index (χ2v) is 4.84. The van der Waals surface area contributed by atoms with E-state index in [1.54, 1.807) is 0 Å². The Morgan fingerprint density at radius 2 is 2.00 bits per heavy atom. The first-order valence-electron chi connectivity index (χ1n) is 6.40. The van der Waals surface area contributed by atoms with Gasteiger partial charge in [0.1, 0.15) is 0 Å². The van der Waals surface area contributed by atoms with Crippen molar-refractivity contribution in [3.8, 4) is 0 Å². The predicted molar refractivity (Wildman–Crippen MR) is 76.8 cm³/mol. The molecule has 4 nitrogen and oxygen atoms in total. The van der Waals surface area contributed by atoms with Crippen molar-refractivity contribution in [1.82, 2.24) is 4.90 Å². The Kier molecular flexibility index (Phi) is 11.4. The molecule has 0 amide bonds. The van der Waals surface area contributed by atoms with E-state index in [0.717, 1.165) is 25.9 Å². The van der Waals surface area contributed by atoms with Gasteiger partial charge in [0.05, 0.1) is 11.6 Å². The Bertz CT molecular complexity index is 232. The van der Waals surface area contributed by atoms with Crippen LogP contribution in [0, 0.1) is 0 Å². The third kappa shape index (κ3) is 8.66. The van der Waals surface area contributed by atoms with Gasteiger partial charge < -0.3 is 9.47 Å². The van der Waals surface area contributed by atoms with Crippen LogP contribution < -0.4 is 0 Å². The van der Waals surface area contributed by atoms with Crippen LogP contribution in [-0.4, -0.2) is 48.7 Å². The average Bonchev–Trinajstić information content (AvgIpc) is 2.38. The predicted octanol–water partition coefficient (Wildman–Crippen LogP) is 2.58. The number of rotatable bonds is 11. The number of alkyl halides is 1. The van der Waals surface area contributed by atoms with Crippen LogP contribution in [0.5, 0.6) is 0 Å². The zero-order chi connectivity index (χ0) is 13.8. The van der Waals surface area contributed by atoms with Crippen LogP contribution in [0.4, 0.5) is 0 Å². The molecule has 0 aromatic heterocycles. The molecule has 18 heavy (non-hydrogen) atoms. The standard InChI is InChI=1S/C13H24BrNO3/c1-4-13(16)18-10-7-9-17-11-8-12(14)15(5-2)6-3/h4,12H,1,5-11H2,2-3H3. The van der Waals surface area contributed by atoms with Crippen LogP contribution >= 0.6 is 15.9 Å². The second-order valence-electron chi connectivity index (χ2n) is 3.78. The first kappa shape index (κ1) is 17.6. The molecule has 5 heteroatoms. The molecule has 1 unspecified atom stereocenters. The van der Waals surface area contributed by atoms with E-state index in [-0.39, 0.29) is 5.97 Å². The van der Waals surface area contributed by atoms with E-state index in [2.05, 4.69) is 41.3 Å². The number of esters is 1. The maximum Gasteiger partial charge on any atom is 0.330 e. The van der Waals surface area contributed by atoms with Gasteiger partial charge in [-0.1, -0.05) is 36.4 Å². The van der Waals surface area contributed by atoms with Gasteiger partial charge in [0.25, 0.3) is 0 Å². The Morgan fingerprint density at radius 1 is 1.33 bits per heavy atom. The summed E-state index contributed by atoms with van der Waals surface area (Å²) in [5, 5.41) is 0. The molecular formula is C13H24BrNO3. The van der Waals surface area contributed by atoms with Crippen molar-refractivity contribution in [2.45, 2.75) is 31.6 Å². The number of carbonyl (C=O) groups excluding carboxylic acids is 1.